The summed E-state index contributed by atoms with van der Waals surface area (Å²) in [5, 5.41) is 17.0. The molecule has 32 heavy (non-hydrogen) atoms. The van der Waals surface area contributed by atoms with Crippen LogP contribution < -0.4 is 10.1 Å². The van der Waals surface area contributed by atoms with E-state index in [9.17, 15) is 18.4 Å². The van der Waals surface area contributed by atoms with Crippen LogP contribution in [0.15, 0.2) is 72.8 Å². The molecule has 0 aliphatic heterocycles. The molecule has 0 aliphatic carbocycles. The Kier molecular flexibility index (Phi) is 5.80. The van der Waals surface area contributed by atoms with Gasteiger partial charge in [0.15, 0.2) is 5.82 Å². The second kappa shape index (κ2) is 8.84. The quantitative estimate of drug-likeness (QED) is 0.440. The summed E-state index contributed by atoms with van der Waals surface area (Å²) < 4.78 is 30.7. The van der Waals surface area contributed by atoms with Crippen molar-refractivity contribution < 1.29 is 28.2 Å². The molecule has 3 aromatic carbocycles. The van der Waals surface area contributed by atoms with E-state index in [0.717, 1.165) is 16.5 Å². The molecule has 1 amide bonds. The molecule has 0 atom stereocenters. The molecule has 0 saturated carbocycles. The number of ether oxygens (including phenoxy) is 1. The zero-order valence-electron chi connectivity index (χ0n) is 16.5. The first-order chi connectivity index (χ1) is 15.4. The number of carboxylic acid groups (broad SMARTS) is 1. The fourth-order valence-corrected chi connectivity index (χ4v) is 3.23. The molecule has 0 saturated heterocycles. The highest BCUT2D eigenvalue weighted by atomic mass is 19.3. The molecule has 1 aromatic heterocycles. The van der Waals surface area contributed by atoms with Crippen molar-refractivity contribution in [2.45, 2.75) is 13.2 Å². The number of aromatic nitrogens is 2. The standard InChI is InChI=1S/C23H17F2N3O4/c24-23(25)32-17-11-5-14(6-12-17)13-28-19-4-2-1-3-18(19)20(27-28)26-21(29)15-7-9-16(10-8-15)22(30)31/h1-12,23H,13H2,(H,30,31)(H,26,27,29). The number of anilines is 1. The number of benzene rings is 3. The van der Waals surface area contributed by atoms with Gasteiger partial charge in [-0.3, -0.25) is 9.48 Å². The Morgan fingerprint density at radius 2 is 1.62 bits per heavy atom. The number of halogens is 2. The number of amides is 1. The Bertz CT molecular complexity index is 1270. The van der Waals surface area contributed by atoms with Gasteiger partial charge in [0.2, 0.25) is 0 Å². The predicted molar refractivity (Wildman–Crippen MR) is 113 cm³/mol. The highest BCUT2D eigenvalue weighted by Gasteiger charge is 2.15. The summed E-state index contributed by atoms with van der Waals surface area (Å²) >= 11 is 0. The summed E-state index contributed by atoms with van der Waals surface area (Å²) in [6.45, 7) is -2.54. The molecule has 0 spiro atoms. The summed E-state index contributed by atoms with van der Waals surface area (Å²) in [6.07, 6.45) is 0. The summed E-state index contributed by atoms with van der Waals surface area (Å²) in [4.78, 5) is 23.6. The van der Waals surface area contributed by atoms with Crippen LogP contribution in [0.5, 0.6) is 5.75 Å². The first-order valence-corrected chi connectivity index (χ1v) is 9.55. The van der Waals surface area contributed by atoms with Crippen molar-refractivity contribution in [1.29, 1.82) is 0 Å². The van der Waals surface area contributed by atoms with E-state index < -0.39 is 18.5 Å². The summed E-state index contributed by atoms with van der Waals surface area (Å²) in [7, 11) is 0. The van der Waals surface area contributed by atoms with Gasteiger partial charge in [0.1, 0.15) is 5.75 Å². The maximum absolute atomic E-state index is 12.6. The fraction of sp³-hybridized carbons (Fsp3) is 0.0870. The smallest absolute Gasteiger partial charge is 0.387 e. The maximum atomic E-state index is 12.6. The van der Waals surface area contributed by atoms with Crippen LogP contribution in [0.3, 0.4) is 0 Å². The summed E-state index contributed by atoms with van der Waals surface area (Å²) in [5.74, 6) is -1.08. The summed E-state index contributed by atoms with van der Waals surface area (Å²) in [6, 6.07) is 19.2. The Balaban J connectivity index is 1.57. The SMILES string of the molecule is O=C(O)c1ccc(C(=O)Nc2nn(Cc3ccc(OC(F)F)cc3)c3ccccc23)cc1. The van der Waals surface area contributed by atoms with Crippen LogP contribution >= 0.6 is 0 Å². The van der Waals surface area contributed by atoms with Gasteiger partial charge in [-0.05, 0) is 54.1 Å². The van der Waals surface area contributed by atoms with Crippen molar-refractivity contribution in [2.75, 3.05) is 5.32 Å². The number of rotatable bonds is 7. The van der Waals surface area contributed by atoms with Gasteiger partial charge in [-0.1, -0.05) is 24.3 Å². The monoisotopic (exact) mass is 437 g/mol. The van der Waals surface area contributed by atoms with E-state index in [4.69, 9.17) is 5.11 Å². The normalized spacial score (nSPS) is 11.0. The minimum Gasteiger partial charge on any atom is -0.478 e. The molecule has 2 N–H and O–H groups in total. The van der Waals surface area contributed by atoms with Crippen molar-refractivity contribution in [1.82, 2.24) is 9.78 Å². The summed E-state index contributed by atoms with van der Waals surface area (Å²) in [5.41, 5.74) is 1.96. The van der Waals surface area contributed by atoms with E-state index in [1.807, 2.05) is 24.3 Å². The fourth-order valence-electron chi connectivity index (χ4n) is 3.23. The van der Waals surface area contributed by atoms with Crippen molar-refractivity contribution in [2.24, 2.45) is 0 Å². The first kappa shape index (κ1) is 21.0. The maximum Gasteiger partial charge on any atom is 0.387 e. The van der Waals surface area contributed by atoms with Gasteiger partial charge in [-0.15, -0.1) is 0 Å². The van der Waals surface area contributed by atoms with Crippen LogP contribution in [-0.2, 0) is 6.54 Å². The van der Waals surface area contributed by atoms with Crippen LogP contribution in [0.2, 0.25) is 0 Å². The highest BCUT2D eigenvalue weighted by Crippen LogP contribution is 2.25. The molecule has 0 radical (unpaired) electrons. The third kappa shape index (κ3) is 4.56. The van der Waals surface area contributed by atoms with E-state index in [2.05, 4.69) is 15.2 Å². The van der Waals surface area contributed by atoms with Gasteiger partial charge >= 0.3 is 12.6 Å². The van der Waals surface area contributed by atoms with Crippen LogP contribution in [0, 0.1) is 0 Å². The number of para-hydroxylation sites is 1. The topological polar surface area (TPSA) is 93.5 Å². The average Bonchev–Trinajstić information content (AvgIpc) is 3.12. The lowest BCUT2D eigenvalue weighted by atomic mass is 10.1. The van der Waals surface area contributed by atoms with Crippen molar-refractivity contribution in [3.63, 3.8) is 0 Å². The molecule has 7 nitrogen and oxygen atoms in total. The third-order valence-corrected chi connectivity index (χ3v) is 4.76. The molecule has 1 heterocycles. The minimum atomic E-state index is -2.89. The van der Waals surface area contributed by atoms with Crippen molar-refractivity contribution in [3.8, 4) is 5.75 Å². The minimum absolute atomic E-state index is 0.0657. The van der Waals surface area contributed by atoms with Crippen LogP contribution in [0.4, 0.5) is 14.6 Å². The van der Waals surface area contributed by atoms with Gasteiger partial charge in [0, 0.05) is 10.9 Å². The number of carbonyl (C=O) groups is 2. The number of alkyl halides is 2. The van der Waals surface area contributed by atoms with Gasteiger partial charge in [0.25, 0.3) is 5.91 Å². The molecule has 0 unspecified atom stereocenters. The number of hydrogen-bond donors (Lipinski definition) is 2. The van der Waals surface area contributed by atoms with E-state index >= 15 is 0 Å². The van der Waals surface area contributed by atoms with Crippen LogP contribution in [-0.4, -0.2) is 33.4 Å². The lowest BCUT2D eigenvalue weighted by molar-refractivity contribution is -0.0498. The van der Waals surface area contributed by atoms with Crippen molar-refractivity contribution in [3.05, 3.63) is 89.5 Å². The molecule has 0 fully saturated rings. The van der Waals surface area contributed by atoms with E-state index in [1.165, 1.54) is 36.4 Å². The molecule has 4 aromatic rings. The first-order valence-electron chi connectivity index (χ1n) is 9.55. The van der Waals surface area contributed by atoms with E-state index in [1.54, 1.807) is 16.8 Å². The lowest BCUT2D eigenvalue weighted by Gasteiger charge is -2.07. The molecular formula is C23H17F2N3O4. The van der Waals surface area contributed by atoms with Crippen LogP contribution in [0.25, 0.3) is 10.9 Å². The number of nitrogens with zero attached hydrogens (tertiary/aromatic N) is 2. The number of carbonyl (C=O) groups excluding carboxylic acids is 1. The average molecular weight is 437 g/mol. The van der Waals surface area contributed by atoms with Gasteiger partial charge in [-0.2, -0.15) is 13.9 Å². The van der Waals surface area contributed by atoms with E-state index in [-0.39, 0.29) is 11.3 Å². The Morgan fingerprint density at radius 1 is 0.969 bits per heavy atom. The molecule has 4 rings (SSSR count). The third-order valence-electron chi connectivity index (χ3n) is 4.76. The number of fused-ring (bicyclic) bond motifs is 1. The molecule has 0 aliphatic rings. The zero-order valence-corrected chi connectivity index (χ0v) is 16.5. The van der Waals surface area contributed by atoms with Gasteiger partial charge < -0.3 is 15.2 Å². The van der Waals surface area contributed by atoms with Gasteiger partial charge in [0.05, 0.1) is 17.6 Å². The number of aromatic carboxylic acids is 1. The Morgan fingerprint density at radius 3 is 2.28 bits per heavy atom. The molecule has 162 valence electrons. The molecule has 9 heteroatoms. The zero-order chi connectivity index (χ0) is 22.7. The van der Waals surface area contributed by atoms with E-state index in [0.29, 0.717) is 17.9 Å². The second-order valence-electron chi connectivity index (χ2n) is 6.88. The molecule has 0 bridgehead atoms. The largest absolute Gasteiger partial charge is 0.478 e. The Hall–Kier alpha value is -4.27. The number of nitrogens with one attached hydrogen (secondary N) is 1. The lowest BCUT2D eigenvalue weighted by Crippen LogP contribution is -2.13. The Labute approximate surface area is 180 Å². The second-order valence-corrected chi connectivity index (χ2v) is 6.88. The number of carboxylic acids is 1. The van der Waals surface area contributed by atoms with Crippen molar-refractivity contribution >= 4 is 28.6 Å². The predicted octanol–water partition coefficient (Wildman–Crippen LogP) is 4.64. The molecular weight excluding hydrogens is 420 g/mol. The highest BCUT2D eigenvalue weighted by molar-refractivity contribution is 6.08. The van der Waals surface area contributed by atoms with Gasteiger partial charge in [-0.25, -0.2) is 4.79 Å². The number of hydrogen-bond acceptors (Lipinski definition) is 4. The van der Waals surface area contributed by atoms with Crippen LogP contribution in [0.1, 0.15) is 26.3 Å².